The molecule has 0 bridgehead atoms. The van der Waals surface area contributed by atoms with E-state index in [0.717, 1.165) is 49.3 Å². The monoisotopic (exact) mass is 516 g/mol. The van der Waals surface area contributed by atoms with Crippen molar-refractivity contribution in [2.45, 2.75) is 24.2 Å². The Hall–Kier alpha value is -3.03. The number of aryl methyl sites for hydroxylation is 1. The highest BCUT2D eigenvalue weighted by molar-refractivity contribution is 9.10. The van der Waals surface area contributed by atoms with Crippen molar-refractivity contribution in [1.82, 2.24) is 14.8 Å². The zero-order valence-electron chi connectivity index (χ0n) is 18.1. The lowest BCUT2D eigenvalue weighted by Crippen LogP contribution is -2.32. The molecule has 0 spiro atoms. The molecule has 0 amide bonds. The highest BCUT2D eigenvalue weighted by Crippen LogP contribution is 2.50. The zero-order valence-corrected chi connectivity index (χ0v) is 20.5. The Balaban J connectivity index is 1.62. The molecule has 0 fully saturated rings. The molecule has 0 saturated carbocycles. The second-order valence-corrected chi connectivity index (χ2v) is 9.87. The maximum Gasteiger partial charge on any atom is 0.227 e. The summed E-state index contributed by atoms with van der Waals surface area (Å²) in [6.45, 7) is 2.11. The Bertz CT molecular complexity index is 1380. The smallest absolute Gasteiger partial charge is 0.227 e. The van der Waals surface area contributed by atoms with E-state index in [1.54, 1.807) is 11.8 Å². The first-order chi connectivity index (χ1) is 16.1. The predicted molar refractivity (Wildman–Crippen MR) is 136 cm³/mol. The molecule has 5 nitrogen and oxygen atoms in total. The number of anilines is 1. The van der Waals surface area contributed by atoms with E-state index in [0.29, 0.717) is 0 Å². The fraction of sp³-hybridized carbons (Fsp3) is 0.154. The van der Waals surface area contributed by atoms with Crippen LogP contribution >= 0.6 is 27.7 Å². The van der Waals surface area contributed by atoms with Gasteiger partial charge in [-0.3, -0.25) is 0 Å². The number of ether oxygens (including phenoxy) is 1. The maximum absolute atomic E-state index is 6.67. The minimum absolute atomic E-state index is 0.146. The van der Waals surface area contributed by atoms with Crippen LogP contribution < -0.4 is 10.1 Å². The average molecular weight is 517 g/mol. The van der Waals surface area contributed by atoms with E-state index in [9.17, 15) is 0 Å². The van der Waals surface area contributed by atoms with E-state index in [1.807, 2.05) is 29.1 Å². The lowest BCUT2D eigenvalue weighted by Gasteiger charge is -2.39. The fourth-order valence-corrected chi connectivity index (χ4v) is 5.14. The number of rotatable bonds is 3. The number of thioether (sulfide) groups is 1. The van der Waals surface area contributed by atoms with Gasteiger partial charge in [0.1, 0.15) is 17.9 Å². The van der Waals surface area contributed by atoms with Gasteiger partial charge in [0.05, 0.1) is 5.70 Å². The van der Waals surface area contributed by atoms with Gasteiger partial charge < -0.3 is 10.1 Å². The van der Waals surface area contributed by atoms with Crippen molar-refractivity contribution in [2.24, 2.45) is 0 Å². The Morgan fingerprint density at radius 1 is 0.970 bits per heavy atom. The molecule has 2 aliphatic rings. The van der Waals surface area contributed by atoms with Crippen LogP contribution in [0.4, 0.5) is 5.95 Å². The third-order valence-corrected chi connectivity index (χ3v) is 7.18. The lowest BCUT2D eigenvalue weighted by molar-refractivity contribution is 0.223. The van der Waals surface area contributed by atoms with Gasteiger partial charge in [-0.1, -0.05) is 81.8 Å². The molecule has 1 N–H and O–H groups in total. The second kappa shape index (κ2) is 8.08. The molecular weight excluding hydrogens is 496 g/mol. The first-order valence-corrected chi connectivity index (χ1v) is 12.7. The number of nitrogens with zero attached hydrogens (tertiary/aromatic N) is 3. The predicted octanol–water partition coefficient (Wildman–Crippen LogP) is 6.63. The number of fused-ring (bicyclic) bond motifs is 3. The van der Waals surface area contributed by atoms with Crippen LogP contribution in [0.25, 0.3) is 5.70 Å². The van der Waals surface area contributed by atoms with Gasteiger partial charge in [-0.2, -0.15) is 4.98 Å². The molecule has 0 aliphatic carbocycles. The van der Waals surface area contributed by atoms with Gasteiger partial charge in [0.2, 0.25) is 11.1 Å². The Kier molecular flexibility index (Phi) is 5.03. The largest absolute Gasteiger partial charge is 0.480 e. The van der Waals surface area contributed by atoms with Crippen molar-refractivity contribution >= 4 is 39.3 Å². The van der Waals surface area contributed by atoms with Gasteiger partial charge in [-0.05, 0) is 48.6 Å². The molecule has 164 valence electrons. The van der Waals surface area contributed by atoms with Crippen LogP contribution in [0.2, 0.25) is 0 Å². The molecule has 4 aromatic rings. The van der Waals surface area contributed by atoms with Gasteiger partial charge in [-0.25, -0.2) is 4.68 Å². The van der Waals surface area contributed by atoms with Crippen LogP contribution in [0.3, 0.4) is 0 Å². The van der Waals surface area contributed by atoms with Gasteiger partial charge >= 0.3 is 0 Å². The summed E-state index contributed by atoms with van der Waals surface area (Å²) >= 11 is 5.10. The highest BCUT2D eigenvalue weighted by atomic mass is 79.9. The summed E-state index contributed by atoms with van der Waals surface area (Å²) in [5, 5.41) is 9.19. The summed E-state index contributed by atoms with van der Waals surface area (Å²) < 4.78 is 9.71. The summed E-state index contributed by atoms with van der Waals surface area (Å²) in [6.07, 6.45) is 1.73. The molecule has 2 atom stereocenters. The van der Waals surface area contributed by atoms with E-state index in [4.69, 9.17) is 14.8 Å². The molecule has 0 saturated heterocycles. The molecule has 6 rings (SSSR count). The van der Waals surface area contributed by atoms with E-state index in [1.165, 1.54) is 5.56 Å². The average Bonchev–Trinajstić information content (AvgIpc) is 3.26. The first kappa shape index (κ1) is 20.6. The van der Waals surface area contributed by atoms with Crippen LogP contribution in [0.5, 0.6) is 5.75 Å². The number of halogens is 1. The second-order valence-electron chi connectivity index (χ2n) is 8.18. The van der Waals surface area contributed by atoms with Crippen LogP contribution in [0.1, 0.15) is 34.4 Å². The minimum Gasteiger partial charge on any atom is -0.480 e. The molecule has 0 unspecified atom stereocenters. The third-order valence-electron chi connectivity index (χ3n) is 6.11. The minimum atomic E-state index is -0.267. The van der Waals surface area contributed by atoms with Crippen LogP contribution in [-0.2, 0) is 0 Å². The number of hydrogen-bond acceptors (Lipinski definition) is 5. The number of aromatic nitrogens is 3. The van der Waals surface area contributed by atoms with Crippen molar-refractivity contribution in [3.05, 3.63) is 105 Å². The SMILES string of the molecule is CSc1nc2n(n1)[C@H](c1ccc(C)cc1)C1=C(N2)c2ccccc2O[C@H]1c1ccc(Br)cc1. The first-order valence-electron chi connectivity index (χ1n) is 10.7. The van der Waals surface area contributed by atoms with E-state index >= 15 is 0 Å². The normalized spacial score (nSPS) is 18.6. The molecular formula is C26H21BrN4OS. The fourth-order valence-electron chi connectivity index (χ4n) is 4.53. The molecule has 33 heavy (non-hydrogen) atoms. The summed E-state index contributed by atoms with van der Waals surface area (Å²) in [4.78, 5) is 4.76. The Labute approximate surface area is 205 Å². The van der Waals surface area contributed by atoms with E-state index in [2.05, 4.69) is 82.8 Å². The number of nitrogens with one attached hydrogen (secondary N) is 1. The van der Waals surface area contributed by atoms with E-state index in [-0.39, 0.29) is 12.1 Å². The van der Waals surface area contributed by atoms with Crippen molar-refractivity contribution in [3.63, 3.8) is 0 Å². The quantitative estimate of drug-likeness (QED) is 0.309. The molecule has 3 aromatic carbocycles. The molecule has 7 heteroatoms. The number of benzene rings is 3. The van der Waals surface area contributed by atoms with Gasteiger partial charge in [0.25, 0.3) is 0 Å². The summed E-state index contributed by atoms with van der Waals surface area (Å²) in [5.41, 5.74) is 6.68. The zero-order chi connectivity index (χ0) is 22.5. The number of para-hydroxylation sites is 1. The summed E-state index contributed by atoms with van der Waals surface area (Å²) in [7, 11) is 0. The Morgan fingerprint density at radius 3 is 2.45 bits per heavy atom. The van der Waals surface area contributed by atoms with Gasteiger partial charge in [0, 0.05) is 15.6 Å². The lowest BCUT2D eigenvalue weighted by atomic mass is 9.84. The van der Waals surface area contributed by atoms with Crippen LogP contribution in [-0.4, -0.2) is 21.0 Å². The van der Waals surface area contributed by atoms with Crippen molar-refractivity contribution in [1.29, 1.82) is 0 Å². The molecule has 0 radical (unpaired) electrons. The summed E-state index contributed by atoms with van der Waals surface area (Å²) in [6, 6.07) is 25.0. The van der Waals surface area contributed by atoms with Gasteiger partial charge in [-0.15, -0.1) is 5.10 Å². The van der Waals surface area contributed by atoms with Crippen LogP contribution in [0.15, 0.2) is 88.0 Å². The third kappa shape index (κ3) is 3.47. The highest BCUT2D eigenvalue weighted by Gasteiger charge is 2.41. The maximum atomic E-state index is 6.67. The van der Waals surface area contributed by atoms with Crippen molar-refractivity contribution in [3.8, 4) is 5.75 Å². The van der Waals surface area contributed by atoms with Crippen molar-refractivity contribution in [2.75, 3.05) is 11.6 Å². The molecule has 1 aromatic heterocycles. The molecule has 2 aliphatic heterocycles. The van der Waals surface area contributed by atoms with Crippen molar-refractivity contribution < 1.29 is 4.74 Å². The standard InChI is InChI=1S/C26H21BrN4OS/c1-15-7-9-16(10-8-15)23-21-22(28-25-29-26(33-2)30-31(23)25)19-5-3-4-6-20(19)32-24(21)17-11-13-18(27)14-12-17/h3-14,23-24H,1-2H3,(H,28,29,30)/t23-,24+/m1/s1. The topological polar surface area (TPSA) is 52.0 Å². The van der Waals surface area contributed by atoms with E-state index < -0.39 is 0 Å². The Morgan fingerprint density at radius 2 is 1.70 bits per heavy atom. The summed E-state index contributed by atoms with van der Waals surface area (Å²) in [5.74, 6) is 1.60. The number of hydrogen-bond donors (Lipinski definition) is 1. The molecule has 3 heterocycles. The van der Waals surface area contributed by atoms with Crippen LogP contribution in [0, 0.1) is 6.92 Å². The van der Waals surface area contributed by atoms with Gasteiger partial charge in [0.15, 0.2) is 0 Å².